The molecular formula is C7H4Cl4S. The first-order chi connectivity index (χ1) is 5.61. The number of rotatable bonds is 0. The van der Waals surface area contributed by atoms with Crippen LogP contribution >= 0.6 is 57.7 Å². The van der Waals surface area contributed by atoms with Gasteiger partial charge in [0, 0.05) is 11.1 Å². The van der Waals surface area contributed by atoms with Crippen LogP contribution in [0.4, 0.5) is 0 Å². The van der Waals surface area contributed by atoms with E-state index >= 15 is 0 Å². The third kappa shape index (κ3) is 1.27. The zero-order valence-electron chi connectivity index (χ0n) is 5.78. The molecule has 1 heterocycles. The monoisotopic (exact) mass is 260 g/mol. The average molecular weight is 262 g/mol. The molecule has 0 saturated carbocycles. The second-order valence-corrected chi connectivity index (χ2v) is 5.93. The van der Waals surface area contributed by atoms with Gasteiger partial charge in [-0.25, -0.2) is 0 Å². The van der Waals surface area contributed by atoms with Crippen LogP contribution in [0.3, 0.4) is 0 Å². The Hall–Kier alpha value is 0.860. The first kappa shape index (κ1) is 9.42. The minimum atomic E-state index is -0.0706. The van der Waals surface area contributed by atoms with Gasteiger partial charge in [-0.1, -0.05) is 23.2 Å². The molecule has 0 saturated heterocycles. The van der Waals surface area contributed by atoms with E-state index in [0.29, 0.717) is 8.67 Å². The van der Waals surface area contributed by atoms with Crippen molar-refractivity contribution in [2.75, 3.05) is 0 Å². The summed E-state index contributed by atoms with van der Waals surface area (Å²) in [4.78, 5) is 0. The highest BCUT2D eigenvalue weighted by molar-refractivity contribution is 7.20. The van der Waals surface area contributed by atoms with Crippen LogP contribution in [0.25, 0.3) is 0 Å². The number of alkyl halides is 2. The van der Waals surface area contributed by atoms with Crippen molar-refractivity contribution in [3.63, 3.8) is 0 Å². The zero-order chi connectivity index (χ0) is 8.88. The number of fused-ring (bicyclic) bond motifs is 1. The predicted octanol–water partition coefficient (Wildman–Crippen LogP) is 5.02. The number of halogens is 4. The predicted molar refractivity (Wildman–Crippen MR) is 56.1 cm³/mol. The lowest BCUT2D eigenvalue weighted by molar-refractivity contribution is 0.855. The van der Waals surface area contributed by atoms with Crippen LogP contribution < -0.4 is 0 Å². The van der Waals surface area contributed by atoms with Crippen LogP contribution in [0.15, 0.2) is 0 Å². The van der Waals surface area contributed by atoms with Crippen molar-refractivity contribution in [1.29, 1.82) is 0 Å². The lowest BCUT2D eigenvalue weighted by Gasteiger charge is -1.98. The van der Waals surface area contributed by atoms with Crippen molar-refractivity contribution >= 4 is 57.7 Å². The van der Waals surface area contributed by atoms with Gasteiger partial charge in [-0.2, -0.15) is 0 Å². The Kier molecular flexibility index (Phi) is 2.52. The van der Waals surface area contributed by atoms with Crippen LogP contribution in [-0.2, 0) is 0 Å². The van der Waals surface area contributed by atoms with Crippen LogP contribution in [0, 0.1) is 0 Å². The normalized spacial score (nSPS) is 27.7. The summed E-state index contributed by atoms with van der Waals surface area (Å²) in [5.41, 5.74) is 1.88. The third-order valence-corrected chi connectivity index (χ3v) is 4.39. The molecule has 2 rings (SSSR count). The molecule has 1 aromatic heterocycles. The summed E-state index contributed by atoms with van der Waals surface area (Å²) in [6.07, 6.45) is 0.723. The smallest absolute Gasteiger partial charge is 0.0994 e. The molecule has 2 atom stereocenters. The Bertz CT molecular complexity index is 291. The molecule has 5 heteroatoms. The highest BCUT2D eigenvalue weighted by Crippen LogP contribution is 2.55. The molecule has 66 valence electrons. The molecule has 0 spiro atoms. The minimum absolute atomic E-state index is 0.0706. The standard InChI is InChI=1S/C7H4Cl4S/c8-2-1-3(9)5-4(2)6(10)12-7(5)11/h2-3H,1H2/t2-,3-/m0/s1. The molecule has 0 aliphatic heterocycles. The van der Waals surface area contributed by atoms with Gasteiger partial charge in [-0.3, -0.25) is 0 Å². The van der Waals surface area contributed by atoms with E-state index in [4.69, 9.17) is 46.4 Å². The molecule has 0 nitrogen and oxygen atoms in total. The summed E-state index contributed by atoms with van der Waals surface area (Å²) in [5, 5.41) is -0.141. The zero-order valence-corrected chi connectivity index (χ0v) is 9.62. The van der Waals surface area contributed by atoms with Gasteiger partial charge < -0.3 is 0 Å². The van der Waals surface area contributed by atoms with Gasteiger partial charge in [-0.15, -0.1) is 34.5 Å². The second kappa shape index (κ2) is 3.21. The molecule has 0 bridgehead atoms. The van der Waals surface area contributed by atoms with Crippen molar-refractivity contribution in [3.8, 4) is 0 Å². The molecule has 1 aliphatic rings. The summed E-state index contributed by atoms with van der Waals surface area (Å²) >= 11 is 25.3. The summed E-state index contributed by atoms with van der Waals surface area (Å²) in [6.45, 7) is 0. The summed E-state index contributed by atoms with van der Waals surface area (Å²) in [5.74, 6) is 0. The summed E-state index contributed by atoms with van der Waals surface area (Å²) < 4.78 is 1.36. The van der Waals surface area contributed by atoms with Crippen molar-refractivity contribution < 1.29 is 0 Å². The fourth-order valence-electron chi connectivity index (χ4n) is 1.40. The fraction of sp³-hybridized carbons (Fsp3) is 0.429. The van der Waals surface area contributed by atoms with Crippen molar-refractivity contribution in [3.05, 3.63) is 19.8 Å². The molecule has 0 amide bonds. The van der Waals surface area contributed by atoms with Gasteiger partial charge in [0.15, 0.2) is 0 Å². The van der Waals surface area contributed by atoms with Gasteiger partial charge in [0.2, 0.25) is 0 Å². The van der Waals surface area contributed by atoms with E-state index < -0.39 is 0 Å². The van der Waals surface area contributed by atoms with Gasteiger partial charge in [0.1, 0.15) is 0 Å². The van der Waals surface area contributed by atoms with E-state index in [9.17, 15) is 0 Å². The van der Waals surface area contributed by atoms with Crippen molar-refractivity contribution in [2.45, 2.75) is 17.2 Å². The number of thiophene rings is 1. The van der Waals surface area contributed by atoms with Crippen LogP contribution in [0.5, 0.6) is 0 Å². The molecule has 0 radical (unpaired) electrons. The molecule has 12 heavy (non-hydrogen) atoms. The summed E-state index contributed by atoms with van der Waals surface area (Å²) in [7, 11) is 0. The molecule has 1 aromatic rings. The fourth-order valence-corrected chi connectivity index (χ4v) is 4.47. The first-order valence-corrected chi connectivity index (χ1v) is 5.81. The molecule has 0 unspecified atom stereocenters. The number of hydrogen-bond acceptors (Lipinski definition) is 1. The summed E-state index contributed by atoms with van der Waals surface area (Å²) in [6, 6.07) is 0. The molecule has 0 N–H and O–H groups in total. The van der Waals surface area contributed by atoms with Crippen molar-refractivity contribution in [1.82, 2.24) is 0 Å². The maximum absolute atomic E-state index is 6.04. The molecule has 0 aromatic carbocycles. The van der Waals surface area contributed by atoms with E-state index in [2.05, 4.69) is 0 Å². The highest BCUT2D eigenvalue weighted by Gasteiger charge is 2.34. The molecular weight excluding hydrogens is 258 g/mol. The van der Waals surface area contributed by atoms with E-state index in [1.807, 2.05) is 0 Å². The largest absolute Gasteiger partial charge is 0.118 e. The molecule has 0 fully saturated rings. The van der Waals surface area contributed by atoms with Crippen molar-refractivity contribution in [2.24, 2.45) is 0 Å². The Morgan fingerprint density at radius 3 is 1.83 bits per heavy atom. The van der Waals surface area contributed by atoms with E-state index in [0.717, 1.165) is 17.5 Å². The van der Waals surface area contributed by atoms with Crippen LogP contribution in [-0.4, -0.2) is 0 Å². The first-order valence-electron chi connectivity index (χ1n) is 3.37. The maximum Gasteiger partial charge on any atom is 0.0994 e. The number of hydrogen-bond donors (Lipinski definition) is 0. The van der Waals surface area contributed by atoms with E-state index in [-0.39, 0.29) is 10.8 Å². The Balaban J connectivity index is 2.62. The topological polar surface area (TPSA) is 0 Å². The Labute approximate surface area is 94.4 Å². The van der Waals surface area contributed by atoms with E-state index in [1.54, 1.807) is 0 Å². The van der Waals surface area contributed by atoms with Gasteiger partial charge in [-0.05, 0) is 6.42 Å². The second-order valence-electron chi connectivity index (χ2n) is 2.65. The van der Waals surface area contributed by atoms with Crippen LogP contribution in [0.2, 0.25) is 8.67 Å². The molecule has 1 aliphatic carbocycles. The van der Waals surface area contributed by atoms with E-state index in [1.165, 1.54) is 11.3 Å². The Morgan fingerprint density at radius 2 is 1.42 bits per heavy atom. The minimum Gasteiger partial charge on any atom is -0.118 e. The van der Waals surface area contributed by atoms with Gasteiger partial charge in [0.05, 0.1) is 19.4 Å². The lowest BCUT2D eigenvalue weighted by Crippen LogP contribution is -1.79. The SMILES string of the molecule is Clc1sc(Cl)c2c1[C@@H](Cl)C[C@@H]2Cl. The lowest BCUT2D eigenvalue weighted by atomic mass is 10.2. The quantitative estimate of drug-likeness (QED) is 0.576. The maximum atomic E-state index is 6.04. The third-order valence-electron chi connectivity index (χ3n) is 1.93. The highest BCUT2D eigenvalue weighted by atomic mass is 35.5. The van der Waals surface area contributed by atoms with Gasteiger partial charge in [0.25, 0.3) is 0 Å². The Morgan fingerprint density at radius 1 is 1.00 bits per heavy atom. The van der Waals surface area contributed by atoms with Crippen LogP contribution in [0.1, 0.15) is 28.3 Å². The average Bonchev–Trinajstić information content (AvgIpc) is 2.38. The van der Waals surface area contributed by atoms with Gasteiger partial charge >= 0.3 is 0 Å².